The fraction of sp³-hybridized carbons (Fsp3) is 0.481. The van der Waals surface area contributed by atoms with Gasteiger partial charge in [0.25, 0.3) is 0 Å². The number of para-hydroxylation sites is 1. The van der Waals surface area contributed by atoms with E-state index in [1.54, 1.807) is 31.2 Å². The van der Waals surface area contributed by atoms with E-state index in [-0.39, 0.29) is 24.4 Å². The lowest BCUT2D eigenvalue weighted by molar-refractivity contribution is -0.140. The van der Waals surface area contributed by atoms with Crippen molar-refractivity contribution >= 4 is 27.5 Å². The van der Waals surface area contributed by atoms with Crippen LogP contribution in [-0.2, 0) is 26.2 Å². The lowest BCUT2D eigenvalue weighted by atomic mass is 10.0. The third-order valence-corrected chi connectivity index (χ3v) is 7.29. The number of hydrogen-bond donors (Lipinski definition) is 1. The summed E-state index contributed by atoms with van der Waals surface area (Å²) in [5.41, 5.74) is 1.86. The van der Waals surface area contributed by atoms with Gasteiger partial charge in [0, 0.05) is 12.6 Å². The number of nitrogens with one attached hydrogen (secondary N) is 1. The minimum Gasteiger partial charge on any atom is -0.352 e. The summed E-state index contributed by atoms with van der Waals surface area (Å²) in [6.07, 6.45) is 2.12. The van der Waals surface area contributed by atoms with E-state index in [1.807, 2.05) is 39.8 Å². The number of rotatable bonds is 12. The number of sulfonamides is 1. The molecular weight excluding hydrogens is 481 g/mol. The Labute approximate surface area is 214 Å². The first-order chi connectivity index (χ1) is 16.9. The largest absolute Gasteiger partial charge is 0.352 e. The van der Waals surface area contributed by atoms with Crippen molar-refractivity contribution in [3.05, 3.63) is 65.5 Å². The third-order valence-electron chi connectivity index (χ3n) is 6.16. The minimum absolute atomic E-state index is 0.0283. The summed E-state index contributed by atoms with van der Waals surface area (Å²) in [6, 6.07) is 11.9. The third kappa shape index (κ3) is 7.78. The van der Waals surface area contributed by atoms with Gasteiger partial charge in [-0.3, -0.25) is 13.9 Å². The fourth-order valence-electron chi connectivity index (χ4n) is 3.94. The maximum atomic E-state index is 13.8. The fourth-order valence-corrected chi connectivity index (χ4v) is 4.81. The molecule has 0 aliphatic carbocycles. The van der Waals surface area contributed by atoms with Gasteiger partial charge in [-0.05, 0) is 55.0 Å². The molecule has 2 aromatic carbocycles. The number of carbonyl (C=O) groups excluding carboxylic acids is 2. The van der Waals surface area contributed by atoms with Gasteiger partial charge in [-0.2, -0.15) is 0 Å². The Morgan fingerprint density at radius 1 is 0.972 bits per heavy atom. The van der Waals surface area contributed by atoms with Crippen molar-refractivity contribution < 1.29 is 22.4 Å². The highest BCUT2D eigenvalue weighted by molar-refractivity contribution is 7.92. The van der Waals surface area contributed by atoms with Gasteiger partial charge in [0.05, 0.1) is 11.9 Å². The van der Waals surface area contributed by atoms with E-state index < -0.39 is 34.3 Å². The summed E-state index contributed by atoms with van der Waals surface area (Å²) in [5.74, 6) is -1.21. The molecule has 0 saturated heterocycles. The molecule has 2 unspecified atom stereocenters. The molecule has 36 heavy (non-hydrogen) atoms. The Balaban J connectivity index is 2.49. The molecule has 0 saturated carbocycles. The van der Waals surface area contributed by atoms with Crippen LogP contribution < -0.4 is 9.62 Å². The van der Waals surface area contributed by atoms with E-state index in [2.05, 4.69) is 5.32 Å². The molecule has 2 rings (SSSR count). The van der Waals surface area contributed by atoms with E-state index in [1.165, 1.54) is 17.0 Å². The molecule has 1 N–H and O–H groups in total. The first-order valence-corrected chi connectivity index (χ1v) is 14.1. The Kier molecular flexibility index (Phi) is 10.5. The second-order valence-corrected chi connectivity index (χ2v) is 11.3. The van der Waals surface area contributed by atoms with E-state index in [0.717, 1.165) is 22.5 Å². The normalized spacial score (nSPS) is 13.2. The number of anilines is 1. The van der Waals surface area contributed by atoms with Crippen molar-refractivity contribution in [2.24, 2.45) is 0 Å². The second kappa shape index (κ2) is 12.9. The van der Waals surface area contributed by atoms with Gasteiger partial charge in [0.15, 0.2) is 0 Å². The average molecular weight is 520 g/mol. The molecule has 2 amide bonds. The van der Waals surface area contributed by atoms with Crippen LogP contribution in [0.3, 0.4) is 0 Å². The van der Waals surface area contributed by atoms with E-state index >= 15 is 0 Å². The summed E-state index contributed by atoms with van der Waals surface area (Å²) < 4.78 is 40.3. The van der Waals surface area contributed by atoms with E-state index in [0.29, 0.717) is 17.7 Å². The van der Waals surface area contributed by atoms with Gasteiger partial charge in [0.2, 0.25) is 21.8 Å². The zero-order valence-corrected chi connectivity index (χ0v) is 22.8. The van der Waals surface area contributed by atoms with Crippen molar-refractivity contribution in [3.63, 3.8) is 0 Å². The van der Waals surface area contributed by atoms with Gasteiger partial charge in [-0.15, -0.1) is 0 Å². The van der Waals surface area contributed by atoms with Gasteiger partial charge < -0.3 is 10.2 Å². The van der Waals surface area contributed by atoms with Crippen LogP contribution >= 0.6 is 0 Å². The maximum Gasteiger partial charge on any atom is 0.244 e. The molecule has 0 aliphatic rings. The summed E-state index contributed by atoms with van der Waals surface area (Å²) in [6.45, 7) is 9.11. The summed E-state index contributed by atoms with van der Waals surface area (Å²) >= 11 is 0. The van der Waals surface area contributed by atoms with Crippen LogP contribution in [-0.4, -0.2) is 50.0 Å². The second-order valence-electron chi connectivity index (χ2n) is 9.37. The minimum atomic E-state index is -3.82. The number of carbonyl (C=O) groups is 2. The predicted octanol–water partition coefficient (Wildman–Crippen LogP) is 4.44. The van der Waals surface area contributed by atoms with Crippen LogP contribution in [0.25, 0.3) is 0 Å². The Hall–Kier alpha value is -2.94. The predicted molar refractivity (Wildman–Crippen MR) is 142 cm³/mol. The van der Waals surface area contributed by atoms with E-state index in [9.17, 15) is 22.4 Å². The number of halogens is 1. The summed E-state index contributed by atoms with van der Waals surface area (Å²) in [7, 11) is -3.82. The van der Waals surface area contributed by atoms with Crippen LogP contribution in [0.1, 0.15) is 64.5 Å². The first kappa shape index (κ1) is 29.3. The summed E-state index contributed by atoms with van der Waals surface area (Å²) in [4.78, 5) is 28.3. The van der Waals surface area contributed by atoms with Crippen molar-refractivity contribution in [1.29, 1.82) is 0 Å². The van der Waals surface area contributed by atoms with Gasteiger partial charge in [-0.25, -0.2) is 12.8 Å². The monoisotopic (exact) mass is 519 g/mol. The molecule has 0 spiro atoms. The van der Waals surface area contributed by atoms with Crippen molar-refractivity contribution in [1.82, 2.24) is 10.2 Å². The maximum absolute atomic E-state index is 13.8. The highest BCUT2D eigenvalue weighted by Crippen LogP contribution is 2.29. The van der Waals surface area contributed by atoms with E-state index in [4.69, 9.17) is 0 Å². The van der Waals surface area contributed by atoms with Crippen molar-refractivity contribution in [2.75, 3.05) is 17.1 Å². The molecule has 0 aromatic heterocycles. The quantitative estimate of drug-likeness (QED) is 0.449. The zero-order chi connectivity index (χ0) is 27.0. The highest BCUT2D eigenvalue weighted by Gasteiger charge is 2.32. The molecule has 0 radical (unpaired) electrons. The molecule has 0 bridgehead atoms. The van der Waals surface area contributed by atoms with Gasteiger partial charge in [-0.1, -0.05) is 58.0 Å². The summed E-state index contributed by atoms with van der Waals surface area (Å²) in [5, 5.41) is 2.93. The van der Waals surface area contributed by atoms with Crippen molar-refractivity contribution in [2.45, 2.75) is 72.0 Å². The Morgan fingerprint density at radius 2 is 1.58 bits per heavy atom. The standard InChI is InChI=1S/C27H38FN3O4S/c1-7-20(5)29-27(33)24(8-2)30(17-21-13-15-22(28)16-14-21)26(32)18-31(36(6,34)35)25-12-10-9-11-23(25)19(3)4/h9-16,19-20,24H,7-8,17-18H2,1-6H3,(H,29,33). The average Bonchev–Trinajstić information content (AvgIpc) is 2.82. The molecule has 198 valence electrons. The van der Waals surface area contributed by atoms with Crippen LogP contribution in [0.2, 0.25) is 0 Å². The smallest absolute Gasteiger partial charge is 0.244 e. The zero-order valence-electron chi connectivity index (χ0n) is 22.0. The topological polar surface area (TPSA) is 86.8 Å². The molecule has 0 aliphatic heterocycles. The molecule has 7 nitrogen and oxygen atoms in total. The van der Waals surface area contributed by atoms with Crippen LogP contribution in [0.15, 0.2) is 48.5 Å². The highest BCUT2D eigenvalue weighted by atomic mass is 32.2. The van der Waals surface area contributed by atoms with Crippen LogP contribution in [0.4, 0.5) is 10.1 Å². The molecule has 0 heterocycles. The number of benzene rings is 2. The van der Waals surface area contributed by atoms with Gasteiger partial charge >= 0.3 is 0 Å². The molecule has 9 heteroatoms. The number of hydrogen-bond acceptors (Lipinski definition) is 4. The number of nitrogens with zero attached hydrogens (tertiary/aromatic N) is 2. The SMILES string of the molecule is CCC(C)NC(=O)C(CC)N(Cc1ccc(F)cc1)C(=O)CN(c1ccccc1C(C)C)S(C)(=O)=O. The Morgan fingerprint density at radius 3 is 2.11 bits per heavy atom. The molecule has 2 aromatic rings. The lowest BCUT2D eigenvalue weighted by Gasteiger charge is -2.34. The first-order valence-electron chi connectivity index (χ1n) is 12.3. The molecule has 2 atom stereocenters. The molecule has 0 fully saturated rings. The lowest BCUT2D eigenvalue weighted by Crippen LogP contribution is -2.53. The van der Waals surface area contributed by atoms with Crippen molar-refractivity contribution in [3.8, 4) is 0 Å². The van der Waals surface area contributed by atoms with Crippen LogP contribution in [0.5, 0.6) is 0 Å². The van der Waals surface area contributed by atoms with Crippen LogP contribution in [0, 0.1) is 5.82 Å². The molecular formula is C27H38FN3O4S. The number of amides is 2. The van der Waals surface area contributed by atoms with Gasteiger partial charge in [0.1, 0.15) is 18.4 Å². The Bertz CT molecular complexity index is 1140.